The van der Waals surface area contributed by atoms with Gasteiger partial charge in [0.05, 0.1) is 16.8 Å². The zero-order valence-electron chi connectivity index (χ0n) is 33.6. The Morgan fingerprint density at radius 1 is 0.290 bits per heavy atom. The van der Waals surface area contributed by atoms with E-state index in [1.165, 1.54) is 61.2 Å². The van der Waals surface area contributed by atoms with Crippen LogP contribution in [-0.4, -0.2) is 9.97 Å². The van der Waals surface area contributed by atoms with Crippen LogP contribution in [0, 0.1) is 0 Å². The smallest absolute Gasteiger partial charge is 0.160 e. The maximum absolute atomic E-state index is 6.37. The summed E-state index contributed by atoms with van der Waals surface area (Å²) in [4.78, 5) is 10.7. The van der Waals surface area contributed by atoms with Gasteiger partial charge in [-0.1, -0.05) is 188 Å². The van der Waals surface area contributed by atoms with Crippen molar-refractivity contribution >= 4 is 21.9 Å². The monoisotopic (exact) mass is 788 g/mol. The van der Waals surface area contributed by atoms with Crippen LogP contribution >= 0.6 is 0 Å². The average Bonchev–Trinajstić information content (AvgIpc) is 3.84. The second-order valence-electron chi connectivity index (χ2n) is 16.4. The van der Waals surface area contributed by atoms with Crippen molar-refractivity contribution in [2.24, 2.45) is 0 Å². The van der Waals surface area contributed by atoms with E-state index in [4.69, 9.17) is 14.4 Å². The molecule has 9 aromatic carbocycles. The number of furan rings is 1. The molecule has 0 saturated carbocycles. The number of nitrogens with zero attached hydrogens (tertiary/aromatic N) is 2. The van der Waals surface area contributed by atoms with E-state index in [-0.39, 0.29) is 0 Å². The SMILES string of the molecule is c1ccc(-c2ccc(-c3cc(-c4ccc5c(c4)oc4ccccc45)nc(-c4ccc5c(c4)-c4ccccc4C54c5ccccc5-c5ccccc5-c5ccccc54)n3)cc2)cc1. The number of rotatable bonds is 4. The lowest BCUT2D eigenvalue weighted by molar-refractivity contribution is 0.669. The van der Waals surface area contributed by atoms with E-state index in [1.54, 1.807) is 0 Å². The molecule has 2 aromatic heterocycles. The predicted molar refractivity (Wildman–Crippen MR) is 253 cm³/mol. The van der Waals surface area contributed by atoms with Gasteiger partial charge in [-0.15, -0.1) is 0 Å². The molecule has 3 heteroatoms. The number of hydrogen-bond donors (Lipinski definition) is 0. The van der Waals surface area contributed by atoms with E-state index in [0.29, 0.717) is 5.82 Å². The minimum Gasteiger partial charge on any atom is -0.456 e. The van der Waals surface area contributed by atoms with E-state index >= 15 is 0 Å². The fourth-order valence-corrected chi connectivity index (χ4v) is 10.4. The molecule has 0 radical (unpaired) electrons. The molecule has 0 amide bonds. The molecule has 2 heterocycles. The third-order valence-corrected chi connectivity index (χ3v) is 13.2. The molecular weight excluding hydrogens is 753 g/mol. The summed E-state index contributed by atoms with van der Waals surface area (Å²) in [5, 5.41) is 2.20. The van der Waals surface area contributed by atoms with Crippen molar-refractivity contribution in [3.8, 4) is 78.4 Å². The summed E-state index contributed by atoms with van der Waals surface area (Å²) >= 11 is 0. The second kappa shape index (κ2) is 13.4. The number of para-hydroxylation sites is 1. The summed E-state index contributed by atoms with van der Waals surface area (Å²) in [6, 6.07) is 78.7. The van der Waals surface area contributed by atoms with Gasteiger partial charge in [0.15, 0.2) is 5.82 Å². The van der Waals surface area contributed by atoms with Crippen molar-refractivity contribution in [2.75, 3.05) is 0 Å². The summed E-state index contributed by atoms with van der Waals surface area (Å²) in [5.74, 6) is 0.671. The van der Waals surface area contributed by atoms with Crippen LogP contribution in [0.5, 0.6) is 0 Å². The molecule has 0 aliphatic heterocycles. The number of benzene rings is 9. The van der Waals surface area contributed by atoms with Gasteiger partial charge in [-0.2, -0.15) is 0 Å². The molecule has 2 aliphatic rings. The van der Waals surface area contributed by atoms with E-state index < -0.39 is 5.41 Å². The summed E-state index contributed by atoms with van der Waals surface area (Å²) in [5.41, 5.74) is 20.7. The first kappa shape index (κ1) is 34.7. The van der Waals surface area contributed by atoms with Crippen LogP contribution in [0.25, 0.3) is 100 Å². The molecule has 3 nitrogen and oxygen atoms in total. The zero-order chi connectivity index (χ0) is 40.8. The van der Waals surface area contributed by atoms with Gasteiger partial charge in [-0.05, 0) is 97.1 Å². The van der Waals surface area contributed by atoms with Crippen molar-refractivity contribution in [1.82, 2.24) is 9.97 Å². The number of aromatic nitrogens is 2. The highest BCUT2D eigenvalue weighted by molar-refractivity contribution is 6.06. The van der Waals surface area contributed by atoms with Crippen LogP contribution in [0.1, 0.15) is 22.3 Å². The van der Waals surface area contributed by atoms with Crippen molar-refractivity contribution in [3.63, 3.8) is 0 Å². The predicted octanol–water partition coefficient (Wildman–Crippen LogP) is 15.1. The minimum atomic E-state index is -0.549. The molecule has 0 unspecified atom stereocenters. The summed E-state index contributed by atoms with van der Waals surface area (Å²) in [7, 11) is 0. The first-order valence-electron chi connectivity index (χ1n) is 21.2. The summed E-state index contributed by atoms with van der Waals surface area (Å²) in [6.07, 6.45) is 0. The standard InChI is InChI=1S/C59H36N2O/c1-2-14-37(15-3-1)38-26-28-39(29-27-38)54-36-55(40-30-32-48-47-21-9-13-25-56(47)62-57(48)35-40)61-58(60-54)41-31-33-53-49(34-41)46-20-8-12-24-52(46)59(53)50-22-10-6-18-44(50)42-16-4-5-17-43(42)45-19-7-11-23-51(45)59/h1-36H. The Kier molecular flexibility index (Phi) is 7.52. The topological polar surface area (TPSA) is 38.9 Å². The Morgan fingerprint density at radius 3 is 1.44 bits per heavy atom. The van der Waals surface area contributed by atoms with Gasteiger partial charge in [0.2, 0.25) is 0 Å². The van der Waals surface area contributed by atoms with Gasteiger partial charge in [0.1, 0.15) is 11.2 Å². The number of hydrogen-bond acceptors (Lipinski definition) is 3. The van der Waals surface area contributed by atoms with Gasteiger partial charge in [0.25, 0.3) is 0 Å². The van der Waals surface area contributed by atoms with E-state index in [1.807, 2.05) is 12.1 Å². The second-order valence-corrected chi connectivity index (χ2v) is 16.4. The number of fused-ring (bicyclic) bond motifs is 15. The maximum Gasteiger partial charge on any atom is 0.160 e. The Morgan fingerprint density at radius 2 is 0.758 bits per heavy atom. The fraction of sp³-hybridized carbons (Fsp3) is 0.0169. The average molecular weight is 789 g/mol. The quantitative estimate of drug-likeness (QED) is 0.178. The first-order valence-corrected chi connectivity index (χ1v) is 21.2. The molecule has 0 N–H and O–H groups in total. The van der Waals surface area contributed by atoms with E-state index in [2.05, 4.69) is 206 Å². The van der Waals surface area contributed by atoms with E-state index in [0.717, 1.165) is 55.6 Å². The molecule has 13 rings (SSSR count). The zero-order valence-corrected chi connectivity index (χ0v) is 33.6. The lowest BCUT2D eigenvalue weighted by Gasteiger charge is -2.35. The van der Waals surface area contributed by atoms with Crippen LogP contribution < -0.4 is 0 Å². The third-order valence-electron chi connectivity index (χ3n) is 13.2. The highest BCUT2D eigenvalue weighted by Gasteiger charge is 2.49. The van der Waals surface area contributed by atoms with Crippen molar-refractivity contribution in [3.05, 3.63) is 241 Å². The normalized spacial score (nSPS) is 13.0. The molecule has 2 aliphatic carbocycles. The molecular formula is C59H36N2O. The Labute approximate surface area is 359 Å². The molecule has 0 atom stereocenters. The maximum atomic E-state index is 6.37. The third kappa shape index (κ3) is 5.06. The Hall–Kier alpha value is -8.14. The van der Waals surface area contributed by atoms with Crippen molar-refractivity contribution in [2.45, 2.75) is 5.41 Å². The van der Waals surface area contributed by atoms with Gasteiger partial charge < -0.3 is 4.42 Å². The highest BCUT2D eigenvalue weighted by atomic mass is 16.3. The molecule has 0 bridgehead atoms. The molecule has 62 heavy (non-hydrogen) atoms. The largest absolute Gasteiger partial charge is 0.456 e. The van der Waals surface area contributed by atoms with E-state index in [9.17, 15) is 0 Å². The Bertz CT molecular complexity index is 3510. The van der Waals surface area contributed by atoms with Crippen LogP contribution in [0.2, 0.25) is 0 Å². The van der Waals surface area contributed by atoms with Crippen LogP contribution in [0.4, 0.5) is 0 Å². The molecule has 1 spiro atoms. The van der Waals surface area contributed by atoms with Crippen LogP contribution in [0.3, 0.4) is 0 Å². The van der Waals surface area contributed by atoms with Crippen LogP contribution in [0.15, 0.2) is 223 Å². The first-order chi connectivity index (χ1) is 30.7. The van der Waals surface area contributed by atoms with Gasteiger partial charge in [0, 0.05) is 27.5 Å². The Balaban J connectivity index is 1.03. The van der Waals surface area contributed by atoms with Gasteiger partial charge in [-0.25, -0.2) is 9.97 Å². The molecule has 11 aromatic rings. The lowest BCUT2D eigenvalue weighted by Crippen LogP contribution is -2.29. The van der Waals surface area contributed by atoms with Gasteiger partial charge in [-0.3, -0.25) is 0 Å². The molecule has 0 saturated heterocycles. The van der Waals surface area contributed by atoms with Gasteiger partial charge >= 0.3 is 0 Å². The van der Waals surface area contributed by atoms with Crippen molar-refractivity contribution < 1.29 is 4.42 Å². The lowest BCUT2D eigenvalue weighted by atomic mass is 9.66. The summed E-state index contributed by atoms with van der Waals surface area (Å²) < 4.78 is 6.37. The van der Waals surface area contributed by atoms with Crippen LogP contribution in [-0.2, 0) is 5.41 Å². The fourth-order valence-electron chi connectivity index (χ4n) is 10.4. The molecule has 0 fully saturated rings. The summed E-state index contributed by atoms with van der Waals surface area (Å²) in [6.45, 7) is 0. The molecule has 288 valence electrons. The highest BCUT2D eigenvalue weighted by Crippen LogP contribution is 2.61. The minimum absolute atomic E-state index is 0.549. The van der Waals surface area contributed by atoms with Crippen molar-refractivity contribution in [1.29, 1.82) is 0 Å².